The maximum atomic E-state index is 12.1. The fourth-order valence-electron chi connectivity index (χ4n) is 1.54. The molecule has 17 heavy (non-hydrogen) atoms. The van der Waals surface area contributed by atoms with Crippen molar-refractivity contribution in [3.63, 3.8) is 0 Å². The van der Waals surface area contributed by atoms with Crippen LogP contribution in [0.15, 0.2) is 0 Å². The molecule has 0 aromatic carbocycles. The van der Waals surface area contributed by atoms with E-state index in [2.05, 4.69) is 5.32 Å². The first-order valence-corrected chi connectivity index (χ1v) is 6.22. The van der Waals surface area contributed by atoms with Crippen molar-refractivity contribution in [2.75, 3.05) is 20.1 Å². The van der Waals surface area contributed by atoms with Crippen molar-refractivity contribution < 1.29 is 9.59 Å². The molecule has 0 aromatic heterocycles. The van der Waals surface area contributed by atoms with E-state index in [1.807, 2.05) is 20.8 Å². The zero-order valence-electron chi connectivity index (χ0n) is 11.4. The minimum Gasteiger partial charge on any atom is -0.355 e. The Hall–Kier alpha value is -1.10. The van der Waals surface area contributed by atoms with E-state index in [0.717, 1.165) is 6.42 Å². The van der Waals surface area contributed by atoms with Gasteiger partial charge in [0.1, 0.15) is 0 Å². The number of nitrogens with one attached hydrogen (secondary N) is 1. The maximum absolute atomic E-state index is 12.1. The van der Waals surface area contributed by atoms with Gasteiger partial charge in [0.15, 0.2) is 0 Å². The van der Waals surface area contributed by atoms with E-state index in [0.29, 0.717) is 19.4 Å². The second-order valence-electron chi connectivity index (χ2n) is 4.37. The van der Waals surface area contributed by atoms with Crippen LogP contribution < -0.4 is 11.1 Å². The summed E-state index contributed by atoms with van der Waals surface area (Å²) < 4.78 is 0. The van der Waals surface area contributed by atoms with Crippen LogP contribution in [0.2, 0.25) is 0 Å². The first kappa shape index (κ1) is 15.9. The number of rotatable bonds is 7. The molecule has 0 spiro atoms. The molecule has 0 aliphatic rings. The molecule has 0 radical (unpaired) electrons. The molecule has 100 valence electrons. The average Bonchev–Trinajstić information content (AvgIpc) is 2.34. The third-order valence-electron chi connectivity index (χ3n) is 2.99. The Morgan fingerprint density at radius 1 is 1.24 bits per heavy atom. The molecule has 5 nitrogen and oxygen atoms in total. The molecule has 0 saturated heterocycles. The van der Waals surface area contributed by atoms with Gasteiger partial charge in [-0.1, -0.05) is 20.8 Å². The summed E-state index contributed by atoms with van der Waals surface area (Å²) in [6, 6.07) is 0. The number of amides is 2. The van der Waals surface area contributed by atoms with Gasteiger partial charge < -0.3 is 16.0 Å². The molecule has 0 saturated carbocycles. The minimum absolute atomic E-state index is 0.0672. The largest absolute Gasteiger partial charge is 0.355 e. The summed E-state index contributed by atoms with van der Waals surface area (Å²) in [7, 11) is 1.61. The molecule has 5 heteroatoms. The first-order chi connectivity index (χ1) is 7.91. The molecule has 0 heterocycles. The van der Waals surface area contributed by atoms with E-state index < -0.39 is 5.54 Å². The maximum Gasteiger partial charge on any atom is 0.242 e. The van der Waals surface area contributed by atoms with Crippen molar-refractivity contribution >= 4 is 11.8 Å². The Kier molecular flexibility index (Phi) is 6.80. The molecule has 3 N–H and O–H groups in total. The lowest BCUT2D eigenvalue weighted by atomic mass is 9.92. The SMILES string of the molecule is CCCNC(=O)CN(C)C(=O)C(N)(CC)CC. The molecule has 0 atom stereocenters. The van der Waals surface area contributed by atoms with Crippen LogP contribution >= 0.6 is 0 Å². The molecule has 0 rings (SSSR count). The third-order valence-corrected chi connectivity index (χ3v) is 2.99. The predicted octanol–water partition coefficient (Wildman–Crippen LogP) is 0.489. The highest BCUT2D eigenvalue weighted by atomic mass is 16.2. The zero-order valence-corrected chi connectivity index (χ0v) is 11.4. The van der Waals surface area contributed by atoms with E-state index in [9.17, 15) is 9.59 Å². The highest BCUT2D eigenvalue weighted by molar-refractivity contribution is 5.89. The molecule has 0 unspecified atom stereocenters. The van der Waals surface area contributed by atoms with E-state index in [1.54, 1.807) is 7.05 Å². The van der Waals surface area contributed by atoms with Gasteiger partial charge in [-0.2, -0.15) is 0 Å². The summed E-state index contributed by atoms with van der Waals surface area (Å²) in [6.45, 7) is 6.45. The van der Waals surface area contributed by atoms with Crippen molar-refractivity contribution in [3.8, 4) is 0 Å². The average molecular weight is 243 g/mol. The molecule has 0 fully saturated rings. The summed E-state index contributed by atoms with van der Waals surface area (Å²) in [5, 5.41) is 2.73. The number of nitrogens with zero attached hydrogens (tertiary/aromatic N) is 1. The molecule has 2 amide bonds. The van der Waals surface area contributed by atoms with Crippen molar-refractivity contribution in [1.82, 2.24) is 10.2 Å². The predicted molar refractivity (Wildman–Crippen MR) is 68.4 cm³/mol. The van der Waals surface area contributed by atoms with Gasteiger partial charge in [0.05, 0.1) is 12.1 Å². The van der Waals surface area contributed by atoms with Crippen molar-refractivity contribution in [1.29, 1.82) is 0 Å². The smallest absolute Gasteiger partial charge is 0.242 e. The van der Waals surface area contributed by atoms with Crippen LogP contribution in [0.1, 0.15) is 40.0 Å². The fourth-order valence-corrected chi connectivity index (χ4v) is 1.54. The van der Waals surface area contributed by atoms with Crippen molar-refractivity contribution in [3.05, 3.63) is 0 Å². The lowest BCUT2D eigenvalue weighted by Gasteiger charge is -2.30. The van der Waals surface area contributed by atoms with Gasteiger partial charge in [0.2, 0.25) is 11.8 Å². The lowest BCUT2D eigenvalue weighted by Crippen LogP contribution is -2.55. The van der Waals surface area contributed by atoms with Gasteiger partial charge in [0.25, 0.3) is 0 Å². The summed E-state index contributed by atoms with van der Waals surface area (Å²) in [5.74, 6) is -0.314. The topological polar surface area (TPSA) is 75.4 Å². The van der Waals surface area contributed by atoms with Crippen LogP contribution in [0.3, 0.4) is 0 Å². The Labute approximate surface area is 104 Å². The number of hydrogen-bond donors (Lipinski definition) is 2. The second kappa shape index (κ2) is 7.27. The van der Waals surface area contributed by atoms with Crippen LogP contribution in [-0.4, -0.2) is 42.4 Å². The van der Waals surface area contributed by atoms with Crippen molar-refractivity contribution in [2.24, 2.45) is 5.73 Å². The van der Waals surface area contributed by atoms with Crippen LogP contribution in [0, 0.1) is 0 Å². The number of nitrogens with two attached hydrogens (primary N) is 1. The molecular weight excluding hydrogens is 218 g/mol. The Morgan fingerprint density at radius 2 is 1.76 bits per heavy atom. The Bertz CT molecular complexity index is 262. The zero-order chi connectivity index (χ0) is 13.5. The van der Waals surface area contributed by atoms with Crippen LogP contribution in [0.25, 0.3) is 0 Å². The summed E-state index contributed by atoms with van der Waals surface area (Å²) >= 11 is 0. The van der Waals surface area contributed by atoms with Crippen molar-refractivity contribution in [2.45, 2.75) is 45.6 Å². The molecule has 0 aliphatic carbocycles. The standard InChI is InChI=1S/C12H25N3O2/c1-5-8-14-10(16)9-15(4)11(17)12(13,6-2)7-3/h5-9,13H2,1-4H3,(H,14,16). The number of hydrogen-bond acceptors (Lipinski definition) is 3. The van der Waals surface area contributed by atoms with E-state index in [4.69, 9.17) is 5.73 Å². The lowest BCUT2D eigenvalue weighted by molar-refractivity contribution is -0.139. The molecule has 0 aromatic rings. The molecular formula is C12H25N3O2. The molecule has 0 bridgehead atoms. The molecule has 0 aliphatic heterocycles. The monoisotopic (exact) mass is 243 g/mol. The van der Waals surface area contributed by atoms with Gasteiger partial charge in [-0.15, -0.1) is 0 Å². The highest BCUT2D eigenvalue weighted by Crippen LogP contribution is 2.14. The Morgan fingerprint density at radius 3 is 2.18 bits per heavy atom. The number of carbonyl (C=O) groups excluding carboxylic acids is 2. The summed E-state index contributed by atoms with van der Waals surface area (Å²) in [6.07, 6.45) is 2.03. The second-order valence-corrected chi connectivity index (χ2v) is 4.37. The van der Waals surface area contributed by atoms with E-state index in [-0.39, 0.29) is 18.4 Å². The number of likely N-dealkylation sites (N-methyl/N-ethyl adjacent to an activating group) is 1. The van der Waals surface area contributed by atoms with Gasteiger partial charge in [0, 0.05) is 13.6 Å². The van der Waals surface area contributed by atoms with Gasteiger partial charge in [-0.3, -0.25) is 9.59 Å². The van der Waals surface area contributed by atoms with Gasteiger partial charge in [-0.05, 0) is 19.3 Å². The van der Waals surface area contributed by atoms with Crippen LogP contribution in [0.4, 0.5) is 0 Å². The van der Waals surface area contributed by atoms with Crippen LogP contribution in [-0.2, 0) is 9.59 Å². The normalized spacial score (nSPS) is 11.1. The quantitative estimate of drug-likeness (QED) is 0.683. The first-order valence-electron chi connectivity index (χ1n) is 6.22. The summed E-state index contributed by atoms with van der Waals surface area (Å²) in [4.78, 5) is 24.9. The third kappa shape index (κ3) is 4.73. The van der Waals surface area contributed by atoms with E-state index in [1.165, 1.54) is 4.90 Å². The van der Waals surface area contributed by atoms with Crippen LogP contribution in [0.5, 0.6) is 0 Å². The minimum atomic E-state index is -0.847. The van der Waals surface area contributed by atoms with Gasteiger partial charge >= 0.3 is 0 Å². The van der Waals surface area contributed by atoms with E-state index >= 15 is 0 Å². The highest BCUT2D eigenvalue weighted by Gasteiger charge is 2.33. The fraction of sp³-hybridized carbons (Fsp3) is 0.833. The van der Waals surface area contributed by atoms with Gasteiger partial charge in [-0.25, -0.2) is 0 Å². The summed E-state index contributed by atoms with van der Waals surface area (Å²) in [5.41, 5.74) is 5.15. The number of carbonyl (C=O) groups is 2. The Balaban J connectivity index is 4.35.